The van der Waals surface area contributed by atoms with Crippen LogP contribution in [0.15, 0.2) is 89.7 Å². The second-order valence-corrected chi connectivity index (χ2v) is 8.67. The van der Waals surface area contributed by atoms with Crippen molar-refractivity contribution in [1.29, 1.82) is 0 Å². The van der Waals surface area contributed by atoms with Crippen molar-refractivity contribution in [2.24, 2.45) is 0 Å². The number of hydrogen-bond acceptors (Lipinski definition) is 1. The molecule has 0 spiro atoms. The summed E-state index contributed by atoms with van der Waals surface area (Å²) in [6.07, 6.45) is 8.02. The van der Waals surface area contributed by atoms with Crippen molar-refractivity contribution in [3.63, 3.8) is 0 Å². The first-order chi connectivity index (χ1) is 10.8. The van der Waals surface area contributed by atoms with E-state index in [1.54, 1.807) is 7.11 Å². The summed E-state index contributed by atoms with van der Waals surface area (Å²) in [7, 11) is -0.777. The van der Waals surface area contributed by atoms with E-state index in [9.17, 15) is 0 Å². The molecule has 2 aromatic carbocycles. The highest BCUT2D eigenvalue weighted by atomic mass is 28.4. The average Bonchev–Trinajstić information content (AvgIpc) is 2.59. The van der Waals surface area contributed by atoms with E-state index in [1.165, 1.54) is 10.4 Å². The molecule has 22 heavy (non-hydrogen) atoms. The fraction of sp³-hybridized carbons (Fsp3) is 0.0500. The summed E-state index contributed by atoms with van der Waals surface area (Å²) in [4.78, 5) is 0. The van der Waals surface area contributed by atoms with E-state index in [1.807, 2.05) is 30.7 Å². The van der Waals surface area contributed by atoms with Gasteiger partial charge in [0.2, 0.25) is 8.32 Å². The Morgan fingerprint density at radius 1 is 0.909 bits per heavy atom. The quantitative estimate of drug-likeness (QED) is 0.623. The van der Waals surface area contributed by atoms with Crippen molar-refractivity contribution >= 4 is 18.7 Å². The highest BCUT2D eigenvalue weighted by molar-refractivity contribution is 7.03. The lowest BCUT2D eigenvalue weighted by molar-refractivity contribution is 0.423. The second-order valence-electron chi connectivity index (χ2n) is 5.20. The Hall–Kier alpha value is -2.38. The van der Waals surface area contributed by atoms with Crippen LogP contribution in [-0.2, 0) is 4.43 Å². The molecule has 1 aliphatic rings. The van der Waals surface area contributed by atoms with Gasteiger partial charge in [-0.25, -0.2) is 0 Å². The van der Waals surface area contributed by atoms with Gasteiger partial charge in [0.05, 0.1) is 0 Å². The Bertz CT molecular complexity index is 674. The zero-order valence-electron chi connectivity index (χ0n) is 12.6. The van der Waals surface area contributed by atoms with Crippen LogP contribution in [0.5, 0.6) is 0 Å². The molecule has 0 saturated heterocycles. The molecule has 0 aromatic heterocycles. The van der Waals surface area contributed by atoms with Crippen LogP contribution in [0.2, 0.25) is 0 Å². The highest BCUT2D eigenvalue weighted by Crippen LogP contribution is 2.26. The lowest BCUT2D eigenvalue weighted by atomic mass is 10.1. The van der Waals surface area contributed by atoms with Crippen molar-refractivity contribution in [3.05, 3.63) is 103 Å². The Kier molecular flexibility index (Phi) is 4.08. The van der Waals surface area contributed by atoms with E-state index in [-0.39, 0.29) is 0 Å². The van der Waals surface area contributed by atoms with E-state index >= 15 is 0 Å². The first-order valence-electron chi connectivity index (χ1n) is 7.30. The van der Waals surface area contributed by atoms with Gasteiger partial charge in [0, 0.05) is 7.11 Å². The zero-order chi connectivity index (χ0) is 15.4. The van der Waals surface area contributed by atoms with Crippen LogP contribution in [0.3, 0.4) is 0 Å². The topological polar surface area (TPSA) is 9.23 Å². The van der Waals surface area contributed by atoms with Crippen LogP contribution >= 0.6 is 0 Å². The lowest BCUT2D eigenvalue weighted by Gasteiger charge is -2.38. The third kappa shape index (κ3) is 2.34. The Morgan fingerprint density at radius 3 is 1.91 bits per heavy atom. The molecule has 2 aromatic rings. The SMILES string of the molecule is [CH+]=C1C=C[CH-]C=C1[Si](OC)(c1ccccc1)c1ccccc1. The zero-order valence-corrected chi connectivity index (χ0v) is 13.6. The van der Waals surface area contributed by atoms with E-state index in [0.29, 0.717) is 0 Å². The van der Waals surface area contributed by atoms with Gasteiger partial charge < -0.3 is 4.43 Å². The molecule has 0 aliphatic heterocycles. The average molecular weight is 302 g/mol. The van der Waals surface area contributed by atoms with Crippen LogP contribution in [0.25, 0.3) is 0 Å². The van der Waals surface area contributed by atoms with Gasteiger partial charge in [-0.2, -0.15) is 18.6 Å². The molecule has 0 saturated carbocycles. The first-order valence-corrected chi connectivity index (χ1v) is 9.21. The molecule has 0 heterocycles. The Labute approximate surface area is 133 Å². The maximum atomic E-state index is 6.31. The minimum Gasteiger partial charge on any atom is -0.417 e. The predicted octanol–water partition coefficient (Wildman–Crippen LogP) is 2.99. The van der Waals surface area contributed by atoms with Crippen LogP contribution in [-0.4, -0.2) is 15.4 Å². The summed E-state index contributed by atoms with van der Waals surface area (Å²) in [6, 6.07) is 20.8. The van der Waals surface area contributed by atoms with Gasteiger partial charge in [-0.05, 0) is 15.9 Å². The Morgan fingerprint density at radius 2 is 1.45 bits per heavy atom. The summed E-state index contributed by atoms with van der Waals surface area (Å²) in [5.74, 6) is 0. The monoisotopic (exact) mass is 302 g/mol. The molecule has 1 nitrogen and oxygen atoms in total. The standard InChI is InChI=1S/C20H18OSi/c1-17-11-9-10-16-20(17)22(21-2,18-12-5-3-6-13-18)19-14-7-4-8-15-19/h1,3-16H,2H3. The van der Waals surface area contributed by atoms with Gasteiger partial charge in [0.25, 0.3) is 0 Å². The minimum atomic E-state index is -2.57. The Balaban J connectivity index is 2.26. The third-order valence-electron chi connectivity index (χ3n) is 4.01. The molecule has 0 radical (unpaired) electrons. The summed E-state index contributed by atoms with van der Waals surface area (Å²) in [5.41, 5.74) is 0.781. The van der Waals surface area contributed by atoms with Gasteiger partial charge in [0.1, 0.15) is 0 Å². The minimum absolute atomic E-state index is 0.781. The van der Waals surface area contributed by atoms with Gasteiger partial charge in [-0.3, -0.25) is 0 Å². The largest absolute Gasteiger partial charge is 0.417 e. The smallest absolute Gasteiger partial charge is 0.228 e. The van der Waals surface area contributed by atoms with Crippen LogP contribution < -0.4 is 10.4 Å². The fourth-order valence-electron chi connectivity index (χ4n) is 2.99. The third-order valence-corrected chi connectivity index (χ3v) is 8.13. The summed E-state index contributed by atoms with van der Waals surface area (Å²) in [5, 5.41) is 3.48. The maximum absolute atomic E-state index is 6.31. The first kappa shape index (κ1) is 14.5. The summed E-state index contributed by atoms with van der Waals surface area (Å²) in [6.45, 7) is 6.31. The molecular weight excluding hydrogens is 284 g/mol. The highest BCUT2D eigenvalue weighted by Gasteiger charge is 2.39. The lowest BCUT2D eigenvalue weighted by Crippen LogP contribution is -2.62. The molecule has 0 fully saturated rings. The van der Waals surface area contributed by atoms with Crippen molar-refractivity contribution in [1.82, 2.24) is 0 Å². The summed E-state index contributed by atoms with van der Waals surface area (Å²) < 4.78 is 6.24. The summed E-state index contributed by atoms with van der Waals surface area (Å²) >= 11 is 0. The second kappa shape index (κ2) is 6.16. The number of allylic oxidation sites excluding steroid dienone is 5. The van der Waals surface area contributed by atoms with Crippen molar-refractivity contribution in [3.8, 4) is 0 Å². The maximum Gasteiger partial charge on any atom is 0.228 e. The van der Waals surface area contributed by atoms with Gasteiger partial charge in [0.15, 0.2) is 0 Å². The van der Waals surface area contributed by atoms with Crippen LogP contribution in [0, 0.1) is 13.0 Å². The molecule has 0 bridgehead atoms. The fourth-order valence-corrected chi connectivity index (χ4v) is 6.78. The van der Waals surface area contributed by atoms with Crippen molar-refractivity contribution < 1.29 is 4.43 Å². The van der Waals surface area contributed by atoms with Crippen LogP contribution in [0.4, 0.5) is 0 Å². The molecule has 108 valence electrons. The molecular formula is C20H18OSi. The molecule has 2 heteroatoms. The van der Waals surface area contributed by atoms with Gasteiger partial charge >= 0.3 is 0 Å². The van der Waals surface area contributed by atoms with E-state index < -0.39 is 8.32 Å². The normalized spacial score (nSPS) is 14.4. The van der Waals surface area contributed by atoms with Crippen LogP contribution in [0.1, 0.15) is 0 Å². The van der Waals surface area contributed by atoms with Gasteiger partial charge in [-0.1, -0.05) is 72.4 Å². The van der Waals surface area contributed by atoms with E-state index in [0.717, 1.165) is 10.8 Å². The number of benzene rings is 2. The molecule has 3 rings (SSSR count). The number of hydrogen-bond donors (Lipinski definition) is 0. The molecule has 0 amide bonds. The van der Waals surface area contributed by atoms with E-state index in [2.05, 4.69) is 54.6 Å². The molecule has 1 aliphatic carbocycles. The number of rotatable bonds is 4. The van der Waals surface area contributed by atoms with Gasteiger partial charge in [-0.15, -0.1) is 6.08 Å². The molecule has 0 unspecified atom stereocenters. The van der Waals surface area contributed by atoms with Crippen molar-refractivity contribution in [2.45, 2.75) is 0 Å². The van der Waals surface area contributed by atoms with E-state index in [4.69, 9.17) is 11.0 Å². The molecule has 0 N–H and O–H groups in total. The predicted molar refractivity (Wildman–Crippen MR) is 94.3 cm³/mol. The molecule has 0 atom stereocenters. The van der Waals surface area contributed by atoms with Crippen molar-refractivity contribution in [2.75, 3.05) is 7.11 Å².